The van der Waals surface area contributed by atoms with E-state index in [1.54, 1.807) is 0 Å². The SMILES string of the molecule is CC/C=C/C1=CC=CNN1. The van der Waals surface area contributed by atoms with Crippen LogP contribution in [0.2, 0.25) is 0 Å². The van der Waals surface area contributed by atoms with Gasteiger partial charge in [-0.3, -0.25) is 0 Å². The molecule has 0 aliphatic carbocycles. The summed E-state index contributed by atoms with van der Waals surface area (Å²) in [5.74, 6) is 0. The second kappa shape index (κ2) is 3.77. The molecule has 0 aromatic heterocycles. The molecule has 0 saturated carbocycles. The van der Waals surface area contributed by atoms with Crippen molar-refractivity contribution < 1.29 is 0 Å². The lowest BCUT2D eigenvalue weighted by atomic mass is 10.3. The molecule has 2 N–H and O–H groups in total. The molecule has 0 amide bonds. The van der Waals surface area contributed by atoms with E-state index in [4.69, 9.17) is 0 Å². The van der Waals surface area contributed by atoms with E-state index in [1.807, 2.05) is 18.4 Å². The summed E-state index contributed by atoms with van der Waals surface area (Å²) in [4.78, 5) is 0. The number of hydrogen-bond donors (Lipinski definition) is 2. The average molecular weight is 136 g/mol. The Morgan fingerprint density at radius 1 is 1.60 bits per heavy atom. The van der Waals surface area contributed by atoms with Crippen LogP contribution < -0.4 is 10.9 Å². The Morgan fingerprint density at radius 3 is 3.10 bits per heavy atom. The van der Waals surface area contributed by atoms with Crippen molar-refractivity contribution >= 4 is 0 Å². The Kier molecular flexibility index (Phi) is 2.62. The normalized spacial score (nSPS) is 16.3. The number of hydrogen-bond acceptors (Lipinski definition) is 2. The first-order valence-corrected chi connectivity index (χ1v) is 3.48. The highest BCUT2D eigenvalue weighted by Crippen LogP contribution is 1.95. The molecule has 0 saturated heterocycles. The Morgan fingerprint density at radius 2 is 2.50 bits per heavy atom. The maximum Gasteiger partial charge on any atom is 0.0536 e. The van der Waals surface area contributed by atoms with Crippen molar-refractivity contribution in [2.45, 2.75) is 13.3 Å². The van der Waals surface area contributed by atoms with Gasteiger partial charge >= 0.3 is 0 Å². The van der Waals surface area contributed by atoms with Crippen LogP contribution in [0.3, 0.4) is 0 Å². The van der Waals surface area contributed by atoms with Crippen molar-refractivity contribution in [1.82, 2.24) is 10.9 Å². The van der Waals surface area contributed by atoms with Gasteiger partial charge in [0.05, 0.1) is 5.70 Å². The molecule has 2 heteroatoms. The molecule has 10 heavy (non-hydrogen) atoms. The van der Waals surface area contributed by atoms with Gasteiger partial charge in [-0.15, -0.1) is 0 Å². The molecule has 1 aliphatic heterocycles. The van der Waals surface area contributed by atoms with E-state index in [0.717, 1.165) is 12.1 Å². The van der Waals surface area contributed by atoms with Crippen LogP contribution in [-0.2, 0) is 0 Å². The van der Waals surface area contributed by atoms with Gasteiger partial charge in [0.25, 0.3) is 0 Å². The summed E-state index contributed by atoms with van der Waals surface area (Å²) in [7, 11) is 0. The Balaban J connectivity index is 2.47. The first kappa shape index (κ1) is 6.93. The molecule has 1 aliphatic rings. The maximum atomic E-state index is 2.99. The summed E-state index contributed by atoms with van der Waals surface area (Å²) >= 11 is 0. The van der Waals surface area contributed by atoms with Gasteiger partial charge in [-0.05, 0) is 24.6 Å². The van der Waals surface area contributed by atoms with Crippen molar-refractivity contribution in [1.29, 1.82) is 0 Å². The third-order valence-electron chi connectivity index (χ3n) is 1.20. The second-order valence-electron chi connectivity index (χ2n) is 2.06. The molecule has 0 spiro atoms. The van der Waals surface area contributed by atoms with Crippen molar-refractivity contribution in [3.8, 4) is 0 Å². The first-order chi connectivity index (χ1) is 4.93. The average Bonchev–Trinajstić information content (AvgIpc) is 2.03. The lowest BCUT2D eigenvalue weighted by Gasteiger charge is -2.08. The van der Waals surface area contributed by atoms with Gasteiger partial charge in [-0.1, -0.05) is 13.0 Å². The molecule has 0 fully saturated rings. The number of nitrogens with one attached hydrogen (secondary N) is 2. The molecule has 0 bridgehead atoms. The highest BCUT2D eigenvalue weighted by atomic mass is 15.3. The van der Waals surface area contributed by atoms with E-state index in [2.05, 4.69) is 29.9 Å². The number of rotatable bonds is 2. The molecule has 0 atom stereocenters. The standard InChI is InChI=1S/C8H12N2/c1-2-3-5-8-6-4-7-9-10-8/h3-7,9-10H,2H2,1H3/b5-3+. The van der Waals surface area contributed by atoms with Gasteiger partial charge in [0.15, 0.2) is 0 Å². The van der Waals surface area contributed by atoms with E-state index >= 15 is 0 Å². The highest BCUT2D eigenvalue weighted by Gasteiger charge is 1.88. The van der Waals surface area contributed by atoms with E-state index in [-0.39, 0.29) is 0 Å². The Labute approximate surface area is 61.3 Å². The minimum absolute atomic E-state index is 1.07. The molecule has 1 heterocycles. The molecular formula is C8H12N2. The molecule has 0 radical (unpaired) electrons. The first-order valence-electron chi connectivity index (χ1n) is 3.48. The van der Waals surface area contributed by atoms with Gasteiger partial charge in [0.2, 0.25) is 0 Å². The quantitative estimate of drug-likeness (QED) is 0.600. The van der Waals surface area contributed by atoms with E-state index < -0.39 is 0 Å². The van der Waals surface area contributed by atoms with Crippen LogP contribution in [-0.4, -0.2) is 0 Å². The molecule has 54 valence electrons. The van der Waals surface area contributed by atoms with Gasteiger partial charge in [0, 0.05) is 6.20 Å². The summed E-state index contributed by atoms with van der Waals surface area (Å²) in [6.45, 7) is 2.11. The summed E-state index contributed by atoms with van der Waals surface area (Å²) in [5, 5.41) is 0. The van der Waals surface area contributed by atoms with Gasteiger partial charge in [-0.2, -0.15) is 0 Å². The molecule has 1 rings (SSSR count). The van der Waals surface area contributed by atoms with Crippen LogP contribution in [0.1, 0.15) is 13.3 Å². The predicted octanol–water partition coefficient (Wildman–Crippen LogP) is 1.46. The number of hydrazine groups is 1. The van der Waals surface area contributed by atoms with Gasteiger partial charge < -0.3 is 10.9 Å². The fourth-order valence-electron chi connectivity index (χ4n) is 0.709. The molecule has 0 aromatic carbocycles. The summed E-state index contributed by atoms with van der Waals surface area (Å²) in [5.41, 5.74) is 6.99. The van der Waals surface area contributed by atoms with Crippen molar-refractivity contribution in [2.75, 3.05) is 0 Å². The van der Waals surface area contributed by atoms with Gasteiger partial charge in [-0.25, -0.2) is 0 Å². The molecule has 0 unspecified atom stereocenters. The fraction of sp³-hybridized carbons (Fsp3) is 0.250. The summed E-state index contributed by atoms with van der Waals surface area (Å²) < 4.78 is 0. The maximum absolute atomic E-state index is 2.99. The fourth-order valence-corrected chi connectivity index (χ4v) is 0.709. The smallest absolute Gasteiger partial charge is 0.0536 e. The largest absolute Gasteiger partial charge is 0.308 e. The van der Waals surface area contributed by atoms with Crippen molar-refractivity contribution in [3.05, 3.63) is 36.2 Å². The van der Waals surface area contributed by atoms with E-state index in [0.29, 0.717) is 0 Å². The summed E-state index contributed by atoms with van der Waals surface area (Å²) in [6.07, 6.45) is 11.1. The highest BCUT2D eigenvalue weighted by molar-refractivity contribution is 5.23. The van der Waals surface area contributed by atoms with Crippen LogP contribution in [0.5, 0.6) is 0 Å². The topological polar surface area (TPSA) is 24.1 Å². The minimum Gasteiger partial charge on any atom is -0.308 e. The third-order valence-corrected chi connectivity index (χ3v) is 1.20. The van der Waals surface area contributed by atoms with Crippen molar-refractivity contribution in [3.63, 3.8) is 0 Å². The zero-order valence-electron chi connectivity index (χ0n) is 6.09. The zero-order valence-corrected chi connectivity index (χ0v) is 6.09. The Bertz CT molecular complexity index is 178. The summed E-state index contributed by atoms with van der Waals surface area (Å²) in [6, 6.07) is 0. The number of allylic oxidation sites excluding steroid dienone is 4. The second-order valence-corrected chi connectivity index (χ2v) is 2.06. The predicted molar refractivity (Wildman–Crippen MR) is 42.9 cm³/mol. The van der Waals surface area contributed by atoms with E-state index in [1.165, 1.54) is 0 Å². The zero-order chi connectivity index (χ0) is 7.23. The minimum atomic E-state index is 1.07. The van der Waals surface area contributed by atoms with E-state index in [9.17, 15) is 0 Å². The van der Waals surface area contributed by atoms with Crippen LogP contribution in [0.4, 0.5) is 0 Å². The molecular weight excluding hydrogens is 124 g/mol. The lowest BCUT2D eigenvalue weighted by Crippen LogP contribution is -2.26. The third kappa shape index (κ3) is 1.97. The van der Waals surface area contributed by atoms with Crippen LogP contribution in [0.15, 0.2) is 36.2 Å². The molecule has 0 aromatic rings. The Hall–Kier alpha value is -1.18. The van der Waals surface area contributed by atoms with Crippen LogP contribution >= 0.6 is 0 Å². The van der Waals surface area contributed by atoms with Crippen molar-refractivity contribution in [2.24, 2.45) is 0 Å². The lowest BCUT2D eigenvalue weighted by molar-refractivity contribution is 0.735. The van der Waals surface area contributed by atoms with Crippen LogP contribution in [0, 0.1) is 0 Å². The molecule has 2 nitrogen and oxygen atoms in total. The van der Waals surface area contributed by atoms with Crippen LogP contribution in [0.25, 0.3) is 0 Å². The van der Waals surface area contributed by atoms with Gasteiger partial charge in [0.1, 0.15) is 0 Å². The monoisotopic (exact) mass is 136 g/mol.